The average molecular weight is 468 g/mol. The summed E-state index contributed by atoms with van der Waals surface area (Å²) in [5, 5.41) is 10.8. The predicted octanol–water partition coefficient (Wildman–Crippen LogP) is 4.42. The summed E-state index contributed by atoms with van der Waals surface area (Å²) in [7, 11) is 0. The highest BCUT2D eigenvalue weighted by Crippen LogP contribution is 2.35. The lowest BCUT2D eigenvalue weighted by Crippen LogP contribution is -2.35. The standard InChI is InChI=1S/C17H9BrF3N5OS/c18-9-3-5-10(6-4-9)25-7-1-2-11(25)8-12-13(22)26-16(23-14(12)27)28-15(24-26)17(19,20)21/h1-8,22H/b12-8-,22-13?. The first kappa shape index (κ1) is 18.7. The van der Waals surface area contributed by atoms with Gasteiger partial charge in [-0.15, -0.1) is 0 Å². The van der Waals surface area contributed by atoms with Gasteiger partial charge in [-0.1, -0.05) is 15.9 Å². The second-order valence-electron chi connectivity index (χ2n) is 5.70. The highest BCUT2D eigenvalue weighted by Gasteiger charge is 2.46. The van der Waals surface area contributed by atoms with E-state index in [0.29, 0.717) is 5.69 Å². The van der Waals surface area contributed by atoms with Gasteiger partial charge in [0.25, 0.3) is 5.91 Å². The third-order valence-corrected chi connectivity index (χ3v) is 5.36. The number of benzene rings is 1. The van der Waals surface area contributed by atoms with Crippen LogP contribution in [0.4, 0.5) is 13.2 Å². The molecule has 0 atom stereocenters. The van der Waals surface area contributed by atoms with Crippen LogP contribution < -0.4 is 0 Å². The van der Waals surface area contributed by atoms with Crippen molar-refractivity contribution in [3.05, 3.63) is 58.3 Å². The molecule has 0 fully saturated rings. The molecule has 0 radical (unpaired) electrons. The molecule has 0 aliphatic carbocycles. The highest BCUT2D eigenvalue weighted by molar-refractivity contribution is 9.10. The van der Waals surface area contributed by atoms with Crippen LogP contribution in [-0.4, -0.2) is 37.7 Å². The van der Waals surface area contributed by atoms with Crippen molar-refractivity contribution >= 4 is 55.7 Å². The zero-order chi connectivity index (χ0) is 20.1. The van der Waals surface area contributed by atoms with Gasteiger partial charge in [0.1, 0.15) is 0 Å². The van der Waals surface area contributed by atoms with Crippen molar-refractivity contribution in [3.8, 4) is 5.69 Å². The lowest BCUT2D eigenvalue weighted by atomic mass is 10.1. The smallest absolute Gasteiger partial charge is 0.317 e. The molecule has 0 bridgehead atoms. The van der Waals surface area contributed by atoms with E-state index < -0.39 is 23.0 Å². The van der Waals surface area contributed by atoms with Gasteiger partial charge in [0.2, 0.25) is 10.2 Å². The van der Waals surface area contributed by atoms with Crippen molar-refractivity contribution in [3.63, 3.8) is 0 Å². The van der Waals surface area contributed by atoms with Gasteiger partial charge in [0.05, 0.1) is 5.57 Å². The van der Waals surface area contributed by atoms with Crippen molar-refractivity contribution in [1.82, 2.24) is 9.58 Å². The lowest BCUT2D eigenvalue weighted by Gasteiger charge is -2.20. The van der Waals surface area contributed by atoms with Gasteiger partial charge in [0.15, 0.2) is 5.84 Å². The first-order valence-electron chi connectivity index (χ1n) is 7.75. The maximum Gasteiger partial charge on any atom is 0.441 e. The van der Waals surface area contributed by atoms with Crippen LogP contribution in [0.1, 0.15) is 5.69 Å². The van der Waals surface area contributed by atoms with E-state index in [9.17, 15) is 18.0 Å². The number of amides is 1. The molecule has 1 aromatic heterocycles. The highest BCUT2D eigenvalue weighted by atomic mass is 79.9. The minimum absolute atomic E-state index is 0.145. The molecule has 1 amide bonds. The van der Waals surface area contributed by atoms with Crippen LogP contribution in [0, 0.1) is 5.41 Å². The summed E-state index contributed by atoms with van der Waals surface area (Å²) >= 11 is 3.58. The molecule has 142 valence electrons. The lowest BCUT2D eigenvalue weighted by molar-refractivity contribution is -0.114. The van der Waals surface area contributed by atoms with E-state index in [0.717, 1.165) is 15.2 Å². The molecule has 3 heterocycles. The van der Waals surface area contributed by atoms with Crippen molar-refractivity contribution in [1.29, 1.82) is 5.41 Å². The van der Waals surface area contributed by atoms with Gasteiger partial charge >= 0.3 is 6.18 Å². The van der Waals surface area contributed by atoms with Crippen molar-refractivity contribution in [2.75, 3.05) is 0 Å². The number of amidine groups is 2. The summed E-state index contributed by atoms with van der Waals surface area (Å²) in [6.07, 6.45) is -1.49. The van der Waals surface area contributed by atoms with Gasteiger partial charge in [-0.3, -0.25) is 10.2 Å². The van der Waals surface area contributed by atoms with Gasteiger partial charge in [0, 0.05) is 22.1 Å². The average Bonchev–Trinajstić information content (AvgIpc) is 3.26. The largest absolute Gasteiger partial charge is 0.441 e. The third-order valence-electron chi connectivity index (χ3n) is 3.87. The SMILES string of the molecule is N=C1/C(=C/c2cccn2-c2ccc(Br)cc2)C(=O)N=C2SC(C(F)(F)F)=NN12. The number of halogens is 4. The topological polar surface area (TPSA) is 73.8 Å². The zero-order valence-corrected chi connectivity index (χ0v) is 16.1. The van der Waals surface area contributed by atoms with Crippen LogP contribution in [0.25, 0.3) is 11.8 Å². The number of fused-ring (bicyclic) bond motifs is 1. The second kappa shape index (κ2) is 6.74. The van der Waals surface area contributed by atoms with Crippen molar-refractivity contribution < 1.29 is 18.0 Å². The molecular formula is C17H9BrF3N5OS. The molecule has 0 saturated heterocycles. The minimum atomic E-state index is -4.67. The molecular weight excluding hydrogens is 459 g/mol. The Bertz CT molecular complexity index is 1080. The van der Waals surface area contributed by atoms with Crippen LogP contribution in [0.3, 0.4) is 0 Å². The van der Waals surface area contributed by atoms with E-state index in [2.05, 4.69) is 26.0 Å². The Labute approximate surface area is 169 Å². The summed E-state index contributed by atoms with van der Waals surface area (Å²) in [4.78, 5) is 16.0. The first-order valence-corrected chi connectivity index (χ1v) is 9.36. The molecule has 6 nitrogen and oxygen atoms in total. The maximum absolute atomic E-state index is 12.9. The molecule has 28 heavy (non-hydrogen) atoms. The van der Waals surface area contributed by atoms with Gasteiger partial charge in [-0.25, -0.2) is 0 Å². The normalized spacial score (nSPS) is 18.4. The first-order chi connectivity index (χ1) is 13.2. The molecule has 1 N–H and O–H groups in total. The zero-order valence-electron chi connectivity index (χ0n) is 13.7. The second-order valence-corrected chi connectivity index (χ2v) is 7.57. The van der Waals surface area contributed by atoms with Crippen LogP contribution >= 0.6 is 27.7 Å². The number of aromatic nitrogens is 1. The van der Waals surface area contributed by atoms with Gasteiger partial charge in [-0.2, -0.15) is 28.3 Å². The Kier molecular flexibility index (Phi) is 4.50. The number of carbonyl (C=O) groups excluding carboxylic acids is 1. The van der Waals surface area contributed by atoms with E-state index in [-0.39, 0.29) is 22.5 Å². The van der Waals surface area contributed by atoms with Gasteiger partial charge in [-0.05, 0) is 54.2 Å². The fourth-order valence-corrected chi connectivity index (χ4v) is 3.63. The number of carbonyl (C=O) groups is 1. The summed E-state index contributed by atoms with van der Waals surface area (Å²) in [6.45, 7) is 0. The van der Waals surface area contributed by atoms with E-state index in [1.807, 2.05) is 24.3 Å². The van der Waals surface area contributed by atoms with Crippen molar-refractivity contribution in [2.24, 2.45) is 10.1 Å². The molecule has 0 spiro atoms. The molecule has 11 heteroatoms. The van der Waals surface area contributed by atoms with Crippen LogP contribution in [0.15, 0.2) is 62.7 Å². The molecule has 1 aromatic carbocycles. The van der Waals surface area contributed by atoms with Crippen LogP contribution in [0.2, 0.25) is 0 Å². The summed E-state index contributed by atoms with van der Waals surface area (Å²) in [6, 6.07) is 10.9. The fraction of sp³-hybridized carbons (Fsp3) is 0.0588. The van der Waals surface area contributed by atoms with E-state index in [1.165, 1.54) is 6.08 Å². The quantitative estimate of drug-likeness (QED) is 0.664. The molecule has 2 aliphatic rings. The number of nitrogens with one attached hydrogen (secondary N) is 1. The molecule has 0 saturated carbocycles. The molecule has 2 aliphatic heterocycles. The Morgan fingerprint density at radius 2 is 1.89 bits per heavy atom. The Balaban J connectivity index is 1.72. The Hall–Kier alpha value is -2.66. The minimum Gasteiger partial charge on any atom is -0.317 e. The number of hydrazone groups is 1. The molecule has 2 aromatic rings. The number of rotatable bonds is 2. The molecule has 4 rings (SSSR count). The maximum atomic E-state index is 12.9. The number of nitrogens with zero attached hydrogens (tertiary/aromatic N) is 4. The predicted molar refractivity (Wildman–Crippen MR) is 105 cm³/mol. The number of thioether (sulfide) groups is 1. The number of hydrogen-bond acceptors (Lipinski definition) is 4. The third kappa shape index (κ3) is 3.31. The number of aliphatic imine (C=N–C) groups is 1. The van der Waals surface area contributed by atoms with E-state index >= 15 is 0 Å². The monoisotopic (exact) mass is 467 g/mol. The fourth-order valence-electron chi connectivity index (χ4n) is 2.60. The molecule has 0 unspecified atom stereocenters. The summed E-state index contributed by atoms with van der Waals surface area (Å²) in [5.41, 5.74) is 1.24. The Morgan fingerprint density at radius 1 is 1.18 bits per heavy atom. The van der Waals surface area contributed by atoms with E-state index in [1.54, 1.807) is 22.9 Å². The van der Waals surface area contributed by atoms with Crippen LogP contribution in [0.5, 0.6) is 0 Å². The number of hydrogen-bond donors (Lipinski definition) is 1. The summed E-state index contributed by atoms with van der Waals surface area (Å²) < 4.78 is 41.3. The number of alkyl halides is 3. The Morgan fingerprint density at radius 3 is 2.57 bits per heavy atom. The van der Waals surface area contributed by atoms with Gasteiger partial charge < -0.3 is 4.57 Å². The van der Waals surface area contributed by atoms with E-state index in [4.69, 9.17) is 5.41 Å². The van der Waals surface area contributed by atoms with Crippen molar-refractivity contribution in [2.45, 2.75) is 6.18 Å². The van der Waals surface area contributed by atoms with Crippen LogP contribution in [-0.2, 0) is 4.79 Å². The summed E-state index contributed by atoms with van der Waals surface area (Å²) in [5.74, 6) is -1.24.